The molecule has 0 atom stereocenters. The maximum absolute atomic E-state index is 11.3. The van der Waals surface area contributed by atoms with E-state index in [1.807, 2.05) is 0 Å². The van der Waals surface area contributed by atoms with Gasteiger partial charge in [0.2, 0.25) is 0 Å². The maximum atomic E-state index is 11.3. The molecule has 0 aliphatic rings. The molecule has 3 aromatic heterocycles. The molecule has 0 saturated heterocycles. The molecule has 0 radical (unpaired) electrons. The molecule has 4 rings (SSSR count). The summed E-state index contributed by atoms with van der Waals surface area (Å²) in [6.45, 7) is 10.8. The average molecular weight is 411 g/mol. The lowest BCUT2D eigenvalue weighted by molar-refractivity contribution is -0.384. The summed E-state index contributed by atoms with van der Waals surface area (Å²) in [5.74, 6) is 1.40. The highest BCUT2D eigenvalue weighted by Crippen LogP contribution is 2.34. The van der Waals surface area contributed by atoms with Gasteiger partial charge in [0.15, 0.2) is 5.82 Å². The highest BCUT2D eigenvalue weighted by molar-refractivity contribution is 7.18. The van der Waals surface area contributed by atoms with E-state index in [9.17, 15) is 10.1 Å². The molecule has 9 heteroatoms. The van der Waals surface area contributed by atoms with Crippen LogP contribution in [0.25, 0.3) is 26.9 Å². The number of aromatic nitrogens is 4. The number of fused-ring (bicyclic) bond motifs is 2. The molecule has 150 valence electrons. The van der Waals surface area contributed by atoms with Gasteiger partial charge in [-0.1, -0.05) is 13.8 Å². The molecule has 0 bridgehead atoms. The molecule has 0 fully saturated rings. The molecule has 29 heavy (non-hydrogen) atoms. The molecule has 8 nitrogen and oxygen atoms in total. The van der Waals surface area contributed by atoms with Crippen LogP contribution >= 0.6 is 11.3 Å². The van der Waals surface area contributed by atoms with E-state index in [1.165, 1.54) is 10.9 Å². The second kappa shape index (κ2) is 7.49. The summed E-state index contributed by atoms with van der Waals surface area (Å²) >= 11 is 1.64. The van der Waals surface area contributed by atoms with Crippen molar-refractivity contribution in [2.45, 2.75) is 34.2 Å². The van der Waals surface area contributed by atoms with Crippen LogP contribution in [0.1, 0.15) is 30.1 Å². The Hall–Kier alpha value is -2.91. The SMILES string of the molecule is CCN(CC)Cc1nc(-n2ncc3ccc([N+](=O)[O-])cc32)c2c(C)c(C)sc2n1. The van der Waals surface area contributed by atoms with Crippen molar-refractivity contribution in [3.05, 3.63) is 50.8 Å². The second-order valence-electron chi connectivity index (χ2n) is 6.94. The summed E-state index contributed by atoms with van der Waals surface area (Å²) in [6, 6.07) is 4.77. The fourth-order valence-corrected chi connectivity index (χ4v) is 4.47. The van der Waals surface area contributed by atoms with Crippen LogP contribution in [0.2, 0.25) is 0 Å². The Morgan fingerprint density at radius 3 is 2.66 bits per heavy atom. The summed E-state index contributed by atoms with van der Waals surface area (Å²) in [6.07, 6.45) is 1.71. The van der Waals surface area contributed by atoms with E-state index >= 15 is 0 Å². The Morgan fingerprint density at radius 1 is 1.21 bits per heavy atom. The molecule has 0 saturated carbocycles. The summed E-state index contributed by atoms with van der Waals surface area (Å²) < 4.78 is 1.71. The normalized spacial score (nSPS) is 11.8. The Labute approximate surface area is 172 Å². The highest BCUT2D eigenvalue weighted by atomic mass is 32.1. The summed E-state index contributed by atoms with van der Waals surface area (Å²) in [5, 5.41) is 17.6. The standard InChI is InChI=1S/C20H22N6O2S/c1-5-24(6-2)11-17-22-19(18-12(3)13(4)29-20(18)23-17)25-16-9-15(26(27)28)8-7-14(16)10-21-25/h7-10H,5-6,11H2,1-4H3. The zero-order valence-corrected chi connectivity index (χ0v) is 17.7. The van der Waals surface area contributed by atoms with E-state index in [0.29, 0.717) is 17.9 Å². The number of aryl methyl sites for hydroxylation is 2. The topological polar surface area (TPSA) is 90.0 Å². The average Bonchev–Trinajstić information content (AvgIpc) is 3.26. The fraction of sp³-hybridized carbons (Fsp3) is 0.350. The van der Waals surface area contributed by atoms with Gasteiger partial charge in [0, 0.05) is 22.4 Å². The Morgan fingerprint density at radius 2 is 1.97 bits per heavy atom. The van der Waals surface area contributed by atoms with Crippen molar-refractivity contribution < 1.29 is 4.92 Å². The van der Waals surface area contributed by atoms with Crippen LogP contribution in [-0.4, -0.2) is 42.7 Å². The van der Waals surface area contributed by atoms with Crippen LogP contribution in [-0.2, 0) is 6.54 Å². The van der Waals surface area contributed by atoms with Gasteiger partial charge in [-0.2, -0.15) is 5.10 Å². The van der Waals surface area contributed by atoms with Gasteiger partial charge in [-0.25, -0.2) is 14.6 Å². The lowest BCUT2D eigenvalue weighted by Crippen LogP contribution is -2.23. The number of hydrogen-bond donors (Lipinski definition) is 0. The second-order valence-corrected chi connectivity index (χ2v) is 8.15. The smallest absolute Gasteiger partial charge is 0.271 e. The summed E-state index contributed by atoms with van der Waals surface area (Å²) in [5.41, 5.74) is 1.81. The van der Waals surface area contributed by atoms with Crippen LogP contribution in [0.15, 0.2) is 24.4 Å². The molecule has 0 spiro atoms. The number of nitro groups is 1. The number of nitrogens with zero attached hydrogens (tertiary/aromatic N) is 6. The molecule has 0 aliphatic carbocycles. The van der Waals surface area contributed by atoms with Crippen LogP contribution < -0.4 is 0 Å². The van der Waals surface area contributed by atoms with Crippen molar-refractivity contribution in [2.24, 2.45) is 0 Å². The first-order valence-electron chi connectivity index (χ1n) is 9.54. The summed E-state index contributed by atoms with van der Waals surface area (Å²) in [7, 11) is 0. The minimum atomic E-state index is -0.391. The van der Waals surface area contributed by atoms with Gasteiger partial charge in [-0.3, -0.25) is 15.0 Å². The number of non-ortho nitro benzene ring substituents is 1. The molecule has 0 amide bonds. The number of thiophene rings is 1. The zero-order chi connectivity index (χ0) is 20.7. The third-order valence-electron chi connectivity index (χ3n) is 5.28. The van der Waals surface area contributed by atoms with E-state index in [-0.39, 0.29) is 5.69 Å². The van der Waals surface area contributed by atoms with E-state index in [2.05, 4.69) is 37.7 Å². The third kappa shape index (κ3) is 3.36. The van der Waals surface area contributed by atoms with Crippen molar-refractivity contribution in [3.63, 3.8) is 0 Å². The van der Waals surface area contributed by atoms with E-state index in [1.54, 1.807) is 34.3 Å². The first kappa shape index (κ1) is 19.4. The third-order valence-corrected chi connectivity index (χ3v) is 6.38. The summed E-state index contributed by atoms with van der Waals surface area (Å²) in [4.78, 5) is 24.9. The Kier molecular flexibility index (Phi) is 5.01. The van der Waals surface area contributed by atoms with E-state index in [4.69, 9.17) is 9.97 Å². The quantitative estimate of drug-likeness (QED) is 0.346. The van der Waals surface area contributed by atoms with Crippen molar-refractivity contribution in [3.8, 4) is 5.82 Å². The van der Waals surface area contributed by atoms with Gasteiger partial charge in [-0.15, -0.1) is 11.3 Å². The van der Waals surface area contributed by atoms with Crippen LogP contribution in [0.4, 0.5) is 5.69 Å². The van der Waals surface area contributed by atoms with Crippen molar-refractivity contribution in [1.82, 2.24) is 24.6 Å². The van der Waals surface area contributed by atoms with Gasteiger partial charge in [0.25, 0.3) is 5.69 Å². The monoisotopic (exact) mass is 410 g/mol. The van der Waals surface area contributed by atoms with Crippen molar-refractivity contribution >= 4 is 38.1 Å². The largest absolute Gasteiger partial charge is 0.296 e. The lowest BCUT2D eigenvalue weighted by Gasteiger charge is -2.17. The Bertz CT molecular complexity index is 1220. The molecule has 0 aliphatic heterocycles. The van der Waals surface area contributed by atoms with E-state index in [0.717, 1.165) is 40.1 Å². The number of nitro benzene ring substituents is 1. The minimum absolute atomic E-state index is 0.0335. The molecule has 4 aromatic rings. The van der Waals surface area contributed by atoms with Gasteiger partial charge in [0.1, 0.15) is 10.7 Å². The van der Waals surface area contributed by atoms with E-state index < -0.39 is 4.92 Å². The molecular formula is C20H22N6O2S. The van der Waals surface area contributed by atoms with Crippen LogP contribution in [0.3, 0.4) is 0 Å². The number of benzene rings is 1. The first-order valence-corrected chi connectivity index (χ1v) is 10.4. The molecule has 3 heterocycles. The predicted octanol–water partition coefficient (Wildman–Crippen LogP) is 4.40. The lowest BCUT2D eigenvalue weighted by atomic mass is 10.2. The van der Waals surface area contributed by atoms with Crippen molar-refractivity contribution in [1.29, 1.82) is 0 Å². The van der Waals surface area contributed by atoms with Gasteiger partial charge in [-0.05, 0) is 38.6 Å². The molecule has 0 unspecified atom stereocenters. The van der Waals surface area contributed by atoms with Gasteiger partial charge < -0.3 is 0 Å². The molecule has 1 aromatic carbocycles. The molecule has 0 N–H and O–H groups in total. The van der Waals surface area contributed by atoms with Crippen LogP contribution in [0, 0.1) is 24.0 Å². The van der Waals surface area contributed by atoms with Gasteiger partial charge in [0.05, 0.1) is 28.6 Å². The molecular weight excluding hydrogens is 388 g/mol. The van der Waals surface area contributed by atoms with Crippen LogP contribution in [0.5, 0.6) is 0 Å². The highest BCUT2D eigenvalue weighted by Gasteiger charge is 2.20. The minimum Gasteiger partial charge on any atom is -0.296 e. The number of hydrogen-bond acceptors (Lipinski definition) is 7. The zero-order valence-electron chi connectivity index (χ0n) is 16.8. The Balaban J connectivity index is 1.98. The van der Waals surface area contributed by atoms with Gasteiger partial charge >= 0.3 is 0 Å². The van der Waals surface area contributed by atoms with Crippen molar-refractivity contribution in [2.75, 3.05) is 13.1 Å². The predicted molar refractivity (Wildman–Crippen MR) is 115 cm³/mol. The first-order chi connectivity index (χ1) is 13.9. The maximum Gasteiger partial charge on any atom is 0.271 e. The fourth-order valence-electron chi connectivity index (χ4n) is 3.43. The number of rotatable bonds is 6.